The van der Waals surface area contributed by atoms with Crippen LogP contribution >= 0.6 is 23.2 Å². The number of piperazine rings is 1. The Balaban J connectivity index is 1.36. The molecule has 1 aliphatic rings. The number of benzene rings is 1. The van der Waals surface area contributed by atoms with Gasteiger partial charge in [-0.2, -0.15) is 0 Å². The van der Waals surface area contributed by atoms with E-state index in [-0.39, 0.29) is 0 Å². The lowest BCUT2D eigenvalue weighted by Gasteiger charge is -2.35. The van der Waals surface area contributed by atoms with Crippen molar-refractivity contribution in [2.24, 2.45) is 0 Å². The van der Waals surface area contributed by atoms with Crippen LogP contribution in [0.3, 0.4) is 0 Å². The number of pyridine rings is 1. The Kier molecular flexibility index (Phi) is 4.59. The summed E-state index contributed by atoms with van der Waals surface area (Å²) in [5.74, 6) is 1.03. The second-order valence-electron chi connectivity index (χ2n) is 7.06. The van der Waals surface area contributed by atoms with Gasteiger partial charge in [0.05, 0.1) is 15.6 Å². The number of aromatic nitrogens is 3. The van der Waals surface area contributed by atoms with E-state index in [0.717, 1.165) is 55.2 Å². The highest BCUT2D eigenvalue weighted by atomic mass is 35.5. The largest absolute Gasteiger partial charge is 0.352 e. The van der Waals surface area contributed by atoms with Gasteiger partial charge in [0.2, 0.25) is 0 Å². The third-order valence-electron chi connectivity index (χ3n) is 5.26. The van der Waals surface area contributed by atoms with E-state index in [1.807, 2.05) is 36.5 Å². The lowest BCUT2D eigenvalue weighted by molar-refractivity contribution is 0.249. The first kappa shape index (κ1) is 17.7. The summed E-state index contributed by atoms with van der Waals surface area (Å²) < 4.78 is 2.12. The highest BCUT2D eigenvalue weighted by Crippen LogP contribution is 2.26. The molecule has 5 nitrogen and oxygen atoms in total. The molecule has 5 rings (SSSR count). The average Bonchev–Trinajstić information content (AvgIpc) is 3.21. The minimum Gasteiger partial charge on any atom is -0.352 e. The van der Waals surface area contributed by atoms with Crippen molar-refractivity contribution < 1.29 is 0 Å². The van der Waals surface area contributed by atoms with Gasteiger partial charge in [0, 0.05) is 45.1 Å². The predicted molar refractivity (Wildman–Crippen MR) is 114 cm³/mol. The van der Waals surface area contributed by atoms with Crippen LogP contribution in [0, 0.1) is 0 Å². The minimum atomic E-state index is 0.600. The minimum absolute atomic E-state index is 0.600. The van der Waals surface area contributed by atoms with Gasteiger partial charge < -0.3 is 4.90 Å². The van der Waals surface area contributed by atoms with Crippen molar-refractivity contribution in [1.29, 1.82) is 0 Å². The van der Waals surface area contributed by atoms with Gasteiger partial charge in [-0.15, -0.1) is 0 Å². The van der Waals surface area contributed by atoms with Crippen molar-refractivity contribution in [2.75, 3.05) is 31.1 Å². The Bertz CT molecular complexity index is 1150. The lowest BCUT2D eigenvalue weighted by Crippen LogP contribution is -2.46. The SMILES string of the molecule is Clc1ccc(CN2CCN(c3nc4cccnc4n4cccc34)CC2)cc1Cl. The molecule has 7 heteroatoms. The Morgan fingerprint density at radius 1 is 0.929 bits per heavy atom. The van der Waals surface area contributed by atoms with Crippen LogP contribution in [0.1, 0.15) is 5.56 Å². The maximum absolute atomic E-state index is 6.15. The zero-order valence-corrected chi connectivity index (χ0v) is 16.7. The summed E-state index contributed by atoms with van der Waals surface area (Å²) in [4.78, 5) is 14.2. The number of halogens is 2. The number of nitrogens with zero attached hydrogens (tertiary/aromatic N) is 5. The van der Waals surface area contributed by atoms with Gasteiger partial charge in [-0.05, 0) is 42.0 Å². The summed E-state index contributed by atoms with van der Waals surface area (Å²) in [6, 6.07) is 14.0. The van der Waals surface area contributed by atoms with Crippen molar-refractivity contribution in [3.05, 3.63) is 70.5 Å². The van der Waals surface area contributed by atoms with Crippen LogP contribution in [0.2, 0.25) is 10.0 Å². The molecule has 28 heavy (non-hydrogen) atoms. The van der Waals surface area contributed by atoms with Gasteiger partial charge in [0.15, 0.2) is 11.5 Å². The number of hydrogen-bond donors (Lipinski definition) is 0. The molecule has 1 aromatic carbocycles. The van der Waals surface area contributed by atoms with Gasteiger partial charge in [0.25, 0.3) is 0 Å². The Hall–Kier alpha value is -2.34. The second-order valence-corrected chi connectivity index (χ2v) is 7.87. The monoisotopic (exact) mass is 411 g/mol. The predicted octanol–water partition coefficient (Wildman–Crippen LogP) is 4.51. The molecule has 0 N–H and O–H groups in total. The third kappa shape index (κ3) is 3.20. The molecule has 0 atom stereocenters. The number of hydrogen-bond acceptors (Lipinski definition) is 4. The maximum Gasteiger partial charge on any atom is 0.163 e. The van der Waals surface area contributed by atoms with E-state index in [9.17, 15) is 0 Å². The van der Waals surface area contributed by atoms with Crippen molar-refractivity contribution in [2.45, 2.75) is 6.54 Å². The molecular formula is C21H19Cl2N5. The quantitative estimate of drug-likeness (QED) is 0.496. The first-order valence-corrected chi connectivity index (χ1v) is 10.1. The molecule has 1 aliphatic heterocycles. The summed E-state index contributed by atoms with van der Waals surface area (Å²) in [6.45, 7) is 4.68. The van der Waals surface area contributed by atoms with Crippen molar-refractivity contribution in [1.82, 2.24) is 19.3 Å². The van der Waals surface area contributed by atoms with E-state index in [4.69, 9.17) is 28.2 Å². The molecule has 0 bridgehead atoms. The molecule has 0 aliphatic carbocycles. The summed E-state index contributed by atoms with van der Waals surface area (Å²) in [7, 11) is 0. The first-order chi connectivity index (χ1) is 13.7. The second kappa shape index (κ2) is 7.24. The fourth-order valence-electron chi connectivity index (χ4n) is 3.83. The van der Waals surface area contributed by atoms with E-state index >= 15 is 0 Å². The fourth-order valence-corrected chi connectivity index (χ4v) is 4.15. The molecule has 4 aromatic rings. The highest BCUT2D eigenvalue weighted by Gasteiger charge is 2.21. The first-order valence-electron chi connectivity index (χ1n) is 9.32. The summed E-state index contributed by atoms with van der Waals surface area (Å²) in [6.07, 6.45) is 3.86. The third-order valence-corrected chi connectivity index (χ3v) is 6.00. The molecule has 1 fully saturated rings. The molecule has 0 saturated carbocycles. The van der Waals surface area contributed by atoms with Gasteiger partial charge in [-0.25, -0.2) is 9.97 Å². The van der Waals surface area contributed by atoms with E-state index < -0.39 is 0 Å². The fraction of sp³-hybridized carbons (Fsp3) is 0.238. The maximum atomic E-state index is 6.15. The van der Waals surface area contributed by atoms with Crippen LogP contribution < -0.4 is 4.90 Å². The smallest absolute Gasteiger partial charge is 0.163 e. The van der Waals surface area contributed by atoms with Crippen LogP contribution in [0.25, 0.3) is 16.7 Å². The molecule has 3 aromatic heterocycles. The van der Waals surface area contributed by atoms with Crippen LogP contribution in [0.15, 0.2) is 54.9 Å². The van der Waals surface area contributed by atoms with Crippen LogP contribution in [0.5, 0.6) is 0 Å². The highest BCUT2D eigenvalue weighted by molar-refractivity contribution is 6.42. The topological polar surface area (TPSA) is 36.7 Å². The summed E-state index contributed by atoms with van der Waals surface area (Å²) in [5, 5.41) is 1.21. The van der Waals surface area contributed by atoms with Crippen LogP contribution in [0.4, 0.5) is 5.82 Å². The Morgan fingerprint density at radius 2 is 1.79 bits per heavy atom. The number of rotatable bonds is 3. The zero-order valence-electron chi connectivity index (χ0n) is 15.2. The van der Waals surface area contributed by atoms with Gasteiger partial charge in [-0.1, -0.05) is 29.3 Å². The zero-order chi connectivity index (χ0) is 19.1. The van der Waals surface area contributed by atoms with Crippen molar-refractivity contribution in [3.8, 4) is 0 Å². The van der Waals surface area contributed by atoms with Gasteiger partial charge >= 0.3 is 0 Å². The Labute approximate surface area is 173 Å². The standard InChI is InChI=1S/C21H19Cl2N5/c22-16-6-5-15(13-17(16)23)14-26-9-11-27(12-10-26)21-19-4-2-8-28(19)20-18(25-21)3-1-7-24-20/h1-8,13H,9-12,14H2. The molecule has 1 saturated heterocycles. The van der Waals surface area contributed by atoms with Crippen LogP contribution in [-0.2, 0) is 6.54 Å². The van der Waals surface area contributed by atoms with E-state index in [0.29, 0.717) is 10.0 Å². The van der Waals surface area contributed by atoms with E-state index in [1.54, 1.807) is 0 Å². The summed E-state index contributed by atoms with van der Waals surface area (Å²) in [5.41, 5.74) is 4.10. The van der Waals surface area contributed by atoms with E-state index in [2.05, 4.69) is 37.5 Å². The molecule has 0 radical (unpaired) electrons. The summed E-state index contributed by atoms with van der Waals surface area (Å²) >= 11 is 12.2. The molecule has 142 valence electrons. The number of anilines is 1. The van der Waals surface area contributed by atoms with Gasteiger partial charge in [-0.3, -0.25) is 9.30 Å². The normalized spacial score (nSPS) is 15.6. The van der Waals surface area contributed by atoms with Crippen LogP contribution in [-0.4, -0.2) is 45.4 Å². The lowest BCUT2D eigenvalue weighted by atomic mass is 10.2. The van der Waals surface area contributed by atoms with Crippen molar-refractivity contribution in [3.63, 3.8) is 0 Å². The Morgan fingerprint density at radius 3 is 2.61 bits per heavy atom. The molecule has 0 spiro atoms. The molecule has 4 heterocycles. The molecule has 0 unspecified atom stereocenters. The average molecular weight is 412 g/mol. The van der Waals surface area contributed by atoms with Crippen molar-refractivity contribution >= 4 is 45.7 Å². The molecular weight excluding hydrogens is 393 g/mol. The number of fused-ring (bicyclic) bond motifs is 3. The van der Waals surface area contributed by atoms with E-state index in [1.165, 1.54) is 5.56 Å². The van der Waals surface area contributed by atoms with Gasteiger partial charge in [0.1, 0.15) is 5.52 Å². The molecule has 0 amide bonds.